The van der Waals surface area contributed by atoms with E-state index in [9.17, 15) is 4.79 Å². The largest absolute Gasteiger partial charge is 0.349 e. The van der Waals surface area contributed by atoms with E-state index in [4.69, 9.17) is 11.6 Å². The predicted molar refractivity (Wildman–Crippen MR) is 114 cm³/mol. The van der Waals surface area contributed by atoms with Gasteiger partial charge in [-0.25, -0.2) is 4.98 Å². The van der Waals surface area contributed by atoms with Crippen LogP contribution in [0, 0.1) is 0 Å². The third-order valence-corrected chi connectivity index (χ3v) is 4.89. The lowest BCUT2D eigenvalue weighted by molar-refractivity contribution is 0.0941. The number of fused-ring (bicyclic) bond motifs is 1. The minimum atomic E-state index is -0.166. The SMILES string of the molecule is C[C@H](Cc1cccnc1)NC(=O)c1cc(-c2cnn(C)c2)nc2ccc(Cl)cc12. The maximum Gasteiger partial charge on any atom is 0.252 e. The summed E-state index contributed by atoms with van der Waals surface area (Å²) in [4.78, 5) is 22.0. The van der Waals surface area contributed by atoms with Gasteiger partial charge in [0.2, 0.25) is 0 Å². The molecular formula is C22H20ClN5O. The van der Waals surface area contributed by atoms with Gasteiger partial charge in [0.1, 0.15) is 0 Å². The van der Waals surface area contributed by atoms with E-state index in [1.54, 1.807) is 35.3 Å². The number of amides is 1. The minimum Gasteiger partial charge on any atom is -0.349 e. The Labute approximate surface area is 173 Å². The smallest absolute Gasteiger partial charge is 0.252 e. The number of hydrogen-bond acceptors (Lipinski definition) is 4. The normalized spacial score (nSPS) is 12.1. The van der Waals surface area contributed by atoms with E-state index in [2.05, 4.69) is 20.4 Å². The van der Waals surface area contributed by atoms with Crippen LogP contribution in [0.15, 0.2) is 61.2 Å². The van der Waals surface area contributed by atoms with Gasteiger partial charge in [-0.05, 0) is 49.2 Å². The minimum absolute atomic E-state index is 0.0593. The van der Waals surface area contributed by atoms with E-state index in [-0.39, 0.29) is 11.9 Å². The quantitative estimate of drug-likeness (QED) is 0.543. The molecule has 0 aliphatic heterocycles. The van der Waals surface area contributed by atoms with Crippen LogP contribution in [0.1, 0.15) is 22.8 Å². The summed E-state index contributed by atoms with van der Waals surface area (Å²) in [5, 5.41) is 8.57. The average molecular weight is 406 g/mol. The Balaban J connectivity index is 1.68. The van der Waals surface area contributed by atoms with E-state index >= 15 is 0 Å². The maximum atomic E-state index is 13.1. The molecule has 0 spiro atoms. The maximum absolute atomic E-state index is 13.1. The molecule has 3 heterocycles. The Bertz CT molecular complexity index is 1170. The van der Waals surface area contributed by atoms with Crippen LogP contribution in [0.2, 0.25) is 5.02 Å². The molecule has 1 atom stereocenters. The van der Waals surface area contributed by atoms with Crippen LogP contribution in [0.25, 0.3) is 22.2 Å². The van der Waals surface area contributed by atoms with Crippen molar-refractivity contribution in [2.24, 2.45) is 7.05 Å². The van der Waals surface area contributed by atoms with E-state index in [1.807, 2.05) is 44.6 Å². The first kappa shape index (κ1) is 19.1. The summed E-state index contributed by atoms with van der Waals surface area (Å²) in [6.07, 6.45) is 7.84. The van der Waals surface area contributed by atoms with Crippen LogP contribution in [0.5, 0.6) is 0 Å². The molecule has 0 bridgehead atoms. The number of benzene rings is 1. The van der Waals surface area contributed by atoms with Gasteiger partial charge in [0, 0.05) is 47.7 Å². The molecule has 1 amide bonds. The molecule has 0 radical (unpaired) electrons. The molecule has 7 heteroatoms. The van der Waals surface area contributed by atoms with Gasteiger partial charge in [0.05, 0.1) is 23.0 Å². The molecule has 0 aliphatic carbocycles. The molecule has 0 saturated carbocycles. The zero-order valence-electron chi connectivity index (χ0n) is 16.1. The second kappa shape index (κ2) is 8.01. The molecule has 0 aliphatic rings. The number of carbonyl (C=O) groups excluding carboxylic acids is 1. The number of aryl methyl sites for hydroxylation is 1. The second-order valence-corrected chi connectivity index (χ2v) is 7.50. The highest BCUT2D eigenvalue weighted by Crippen LogP contribution is 2.27. The van der Waals surface area contributed by atoms with Gasteiger partial charge < -0.3 is 5.32 Å². The number of carbonyl (C=O) groups is 1. The van der Waals surface area contributed by atoms with Crippen molar-refractivity contribution in [2.45, 2.75) is 19.4 Å². The first-order chi connectivity index (χ1) is 14.0. The fourth-order valence-electron chi connectivity index (χ4n) is 3.31. The number of nitrogens with one attached hydrogen (secondary N) is 1. The molecule has 4 aromatic rings. The fraction of sp³-hybridized carbons (Fsp3) is 0.182. The standard InChI is InChI=1S/C22H20ClN5O/c1-14(8-15-4-3-7-24-11-15)26-22(29)19-10-21(16-12-25-28(2)13-16)27-20-6-5-17(23)9-18(19)20/h3-7,9-14H,8H2,1-2H3,(H,26,29)/t14-/m1/s1. The molecule has 0 fully saturated rings. The van der Waals surface area contributed by atoms with Crippen molar-refractivity contribution in [3.8, 4) is 11.3 Å². The third-order valence-electron chi connectivity index (χ3n) is 4.66. The average Bonchev–Trinajstić information content (AvgIpc) is 3.14. The molecule has 4 rings (SSSR count). The Kier molecular flexibility index (Phi) is 5.27. The van der Waals surface area contributed by atoms with Crippen LogP contribution in [-0.4, -0.2) is 31.7 Å². The van der Waals surface area contributed by atoms with E-state index in [0.29, 0.717) is 28.2 Å². The summed E-state index contributed by atoms with van der Waals surface area (Å²) in [5.74, 6) is -0.166. The van der Waals surface area contributed by atoms with E-state index < -0.39 is 0 Å². The molecule has 3 aromatic heterocycles. The zero-order chi connectivity index (χ0) is 20.4. The molecule has 1 N–H and O–H groups in total. The van der Waals surface area contributed by atoms with Gasteiger partial charge in [0.15, 0.2) is 0 Å². The van der Waals surface area contributed by atoms with E-state index in [1.165, 1.54) is 0 Å². The van der Waals surface area contributed by atoms with E-state index in [0.717, 1.165) is 16.5 Å². The van der Waals surface area contributed by atoms with Gasteiger partial charge in [-0.1, -0.05) is 17.7 Å². The first-order valence-corrected chi connectivity index (χ1v) is 9.66. The number of aromatic nitrogens is 4. The number of rotatable bonds is 5. The summed E-state index contributed by atoms with van der Waals surface area (Å²) in [5.41, 5.74) is 3.86. The monoisotopic (exact) mass is 405 g/mol. The van der Waals surface area contributed by atoms with Gasteiger partial charge in [0.25, 0.3) is 5.91 Å². The van der Waals surface area contributed by atoms with Crippen LogP contribution >= 0.6 is 11.6 Å². The van der Waals surface area contributed by atoms with Crippen molar-refractivity contribution in [2.75, 3.05) is 0 Å². The van der Waals surface area contributed by atoms with Crippen molar-refractivity contribution in [1.29, 1.82) is 0 Å². The van der Waals surface area contributed by atoms with Crippen molar-refractivity contribution in [1.82, 2.24) is 25.1 Å². The van der Waals surface area contributed by atoms with Gasteiger partial charge in [-0.3, -0.25) is 14.5 Å². The zero-order valence-corrected chi connectivity index (χ0v) is 16.9. The highest BCUT2D eigenvalue weighted by Gasteiger charge is 2.17. The molecular weight excluding hydrogens is 386 g/mol. The van der Waals surface area contributed by atoms with Crippen molar-refractivity contribution in [3.05, 3.63) is 77.3 Å². The van der Waals surface area contributed by atoms with Gasteiger partial charge in [-0.15, -0.1) is 0 Å². The van der Waals surface area contributed by atoms with Crippen LogP contribution in [0.3, 0.4) is 0 Å². The van der Waals surface area contributed by atoms with Gasteiger partial charge >= 0.3 is 0 Å². The molecule has 29 heavy (non-hydrogen) atoms. The Hall–Kier alpha value is -3.25. The number of hydrogen-bond donors (Lipinski definition) is 1. The summed E-state index contributed by atoms with van der Waals surface area (Å²) >= 11 is 6.19. The number of halogens is 1. The van der Waals surface area contributed by atoms with Crippen LogP contribution in [-0.2, 0) is 13.5 Å². The topological polar surface area (TPSA) is 72.7 Å². The van der Waals surface area contributed by atoms with Crippen molar-refractivity contribution in [3.63, 3.8) is 0 Å². The number of pyridine rings is 2. The summed E-state index contributed by atoms with van der Waals surface area (Å²) < 4.78 is 1.71. The molecule has 6 nitrogen and oxygen atoms in total. The molecule has 0 unspecified atom stereocenters. The highest BCUT2D eigenvalue weighted by atomic mass is 35.5. The lowest BCUT2D eigenvalue weighted by atomic mass is 10.0. The van der Waals surface area contributed by atoms with Crippen molar-refractivity contribution < 1.29 is 4.79 Å². The summed E-state index contributed by atoms with van der Waals surface area (Å²) in [7, 11) is 1.85. The lowest BCUT2D eigenvalue weighted by Crippen LogP contribution is -2.34. The Morgan fingerprint density at radius 3 is 2.83 bits per heavy atom. The summed E-state index contributed by atoms with van der Waals surface area (Å²) in [6.45, 7) is 1.98. The molecule has 146 valence electrons. The molecule has 1 aromatic carbocycles. The Morgan fingerprint density at radius 2 is 2.10 bits per heavy atom. The fourth-order valence-corrected chi connectivity index (χ4v) is 3.48. The Morgan fingerprint density at radius 1 is 1.24 bits per heavy atom. The van der Waals surface area contributed by atoms with Gasteiger partial charge in [-0.2, -0.15) is 5.10 Å². The number of nitrogens with zero attached hydrogens (tertiary/aromatic N) is 4. The second-order valence-electron chi connectivity index (χ2n) is 7.06. The predicted octanol–water partition coefficient (Wildman–Crippen LogP) is 4.04. The third kappa shape index (κ3) is 4.27. The van der Waals surface area contributed by atoms with Crippen molar-refractivity contribution >= 4 is 28.4 Å². The van der Waals surface area contributed by atoms with Crippen LogP contribution < -0.4 is 5.32 Å². The first-order valence-electron chi connectivity index (χ1n) is 9.28. The summed E-state index contributed by atoms with van der Waals surface area (Å²) in [6, 6.07) is 11.0. The van der Waals surface area contributed by atoms with Crippen LogP contribution in [0.4, 0.5) is 0 Å². The lowest BCUT2D eigenvalue weighted by Gasteiger charge is -2.15. The highest BCUT2D eigenvalue weighted by molar-refractivity contribution is 6.31. The molecule has 0 saturated heterocycles.